The van der Waals surface area contributed by atoms with Crippen molar-refractivity contribution in [1.29, 1.82) is 0 Å². The van der Waals surface area contributed by atoms with Crippen molar-refractivity contribution >= 4 is 17.3 Å². The number of alkyl halides is 9. The topological polar surface area (TPSA) is 112 Å². The third-order valence-electron chi connectivity index (χ3n) is 1.86. The van der Waals surface area contributed by atoms with Crippen molar-refractivity contribution < 1.29 is 110 Å². The second-order valence-electron chi connectivity index (χ2n) is 4.94. The van der Waals surface area contributed by atoms with E-state index in [9.17, 15) is 53.9 Å². The van der Waals surface area contributed by atoms with Gasteiger partial charge >= 0.3 is 18.5 Å². The van der Waals surface area contributed by atoms with Crippen molar-refractivity contribution in [2.24, 2.45) is 0 Å². The first-order valence-corrected chi connectivity index (χ1v) is 6.97. The zero-order chi connectivity index (χ0) is 25.1. The van der Waals surface area contributed by atoms with Crippen LogP contribution in [0.4, 0.5) is 39.5 Å². The van der Waals surface area contributed by atoms with Gasteiger partial charge in [0, 0.05) is 59.1 Å². The maximum atomic E-state index is 11.3. The van der Waals surface area contributed by atoms with Crippen LogP contribution in [0.1, 0.15) is 20.8 Å². The molecular formula is C15H15F9NdO6. The summed E-state index contributed by atoms with van der Waals surface area (Å²) in [5.74, 6) is -8.10. The van der Waals surface area contributed by atoms with Crippen molar-refractivity contribution in [3.8, 4) is 0 Å². The minimum atomic E-state index is -4.88. The Morgan fingerprint density at radius 3 is 0.677 bits per heavy atom. The van der Waals surface area contributed by atoms with Crippen LogP contribution in [0.3, 0.4) is 0 Å². The first kappa shape index (κ1) is 36.7. The maximum Gasteiger partial charge on any atom is 0.454 e. The number of aliphatic hydroxyl groups is 3. The maximum absolute atomic E-state index is 11.3. The molecule has 178 valence electrons. The molecule has 0 aliphatic heterocycles. The van der Waals surface area contributed by atoms with Gasteiger partial charge in [0.05, 0.1) is 17.3 Å². The summed E-state index contributed by atoms with van der Waals surface area (Å²) in [5, 5.41) is 24.7. The molecule has 16 heteroatoms. The van der Waals surface area contributed by atoms with Crippen LogP contribution in [0.25, 0.3) is 0 Å². The third-order valence-corrected chi connectivity index (χ3v) is 1.86. The summed E-state index contributed by atoms with van der Waals surface area (Å²) in [6.07, 6.45) is -14.3. The van der Waals surface area contributed by atoms with Crippen LogP contribution in [0.2, 0.25) is 0 Å². The van der Waals surface area contributed by atoms with E-state index < -0.39 is 53.2 Å². The standard InChI is InChI=1S/3C5H5F3O2.Nd/c3*1-3(9)2-4(10)5(6,7)8;/h3*2,9H,1H3;/b3-2+;2*3-2-;. The summed E-state index contributed by atoms with van der Waals surface area (Å²) in [7, 11) is 0. The molecule has 0 rings (SSSR count). The van der Waals surface area contributed by atoms with Gasteiger partial charge in [0.25, 0.3) is 17.3 Å². The molecule has 0 fully saturated rings. The summed E-state index contributed by atoms with van der Waals surface area (Å²) in [5.41, 5.74) is 0. The predicted molar refractivity (Wildman–Crippen MR) is 82.3 cm³/mol. The molecule has 6 nitrogen and oxygen atoms in total. The zero-order valence-corrected chi connectivity index (χ0v) is 18.9. The van der Waals surface area contributed by atoms with Gasteiger partial charge in [0.1, 0.15) is 0 Å². The molecule has 0 aromatic rings. The Bertz CT molecular complexity index is 594. The van der Waals surface area contributed by atoms with E-state index in [0.29, 0.717) is 0 Å². The SMILES string of the molecule is C/C(O)=C/C(=O)C(F)(F)F.C/C(O)=C/C(=O)C(F)(F)F.C/C(O)=C\C(=O)C(F)(F)F.[Nd]. The van der Waals surface area contributed by atoms with Crippen molar-refractivity contribution in [2.45, 2.75) is 39.3 Å². The van der Waals surface area contributed by atoms with Gasteiger partial charge in [0.15, 0.2) is 0 Å². The van der Waals surface area contributed by atoms with Crippen LogP contribution in [0.5, 0.6) is 0 Å². The summed E-state index contributed by atoms with van der Waals surface area (Å²) in [6, 6.07) is 0. The predicted octanol–water partition coefficient (Wildman–Crippen LogP) is 4.74. The van der Waals surface area contributed by atoms with Crippen LogP contribution in [-0.2, 0) is 14.4 Å². The largest absolute Gasteiger partial charge is 0.512 e. The Balaban J connectivity index is -0.000000174. The molecule has 0 heterocycles. The Hall–Kier alpha value is -1.65. The van der Waals surface area contributed by atoms with Gasteiger partial charge in [-0.05, 0) is 20.8 Å². The Kier molecular flexibility index (Phi) is 18.0. The van der Waals surface area contributed by atoms with Crippen molar-refractivity contribution in [1.82, 2.24) is 0 Å². The number of carbonyl (C=O) groups excluding carboxylic acids is 3. The Morgan fingerprint density at radius 1 is 0.516 bits per heavy atom. The molecule has 0 unspecified atom stereocenters. The number of ketones is 3. The van der Waals surface area contributed by atoms with Gasteiger partial charge in [-0.15, -0.1) is 0 Å². The van der Waals surface area contributed by atoms with Gasteiger partial charge in [-0.3, -0.25) is 14.4 Å². The van der Waals surface area contributed by atoms with E-state index in [1.807, 2.05) is 0 Å². The zero-order valence-electron chi connectivity index (χ0n) is 15.7. The van der Waals surface area contributed by atoms with Gasteiger partial charge in [-0.2, -0.15) is 39.5 Å². The summed E-state index contributed by atoms with van der Waals surface area (Å²) in [4.78, 5) is 29.7. The number of aliphatic hydroxyl groups excluding tert-OH is 3. The van der Waals surface area contributed by atoms with Gasteiger partial charge in [-0.1, -0.05) is 0 Å². The second-order valence-corrected chi connectivity index (χ2v) is 4.94. The number of halogens is 9. The molecular weight excluding hydrogens is 591 g/mol. The molecule has 0 saturated heterocycles. The summed E-state index contributed by atoms with van der Waals surface area (Å²) >= 11 is 0. The van der Waals surface area contributed by atoms with E-state index in [-0.39, 0.29) is 59.1 Å². The van der Waals surface area contributed by atoms with Crippen LogP contribution in [0, 0.1) is 40.8 Å². The molecule has 0 aliphatic carbocycles. The van der Waals surface area contributed by atoms with E-state index in [2.05, 4.69) is 0 Å². The fraction of sp³-hybridized carbons (Fsp3) is 0.400. The smallest absolute Gasteiger partial charge is 0.454 e. The molecule has 0 bridgehead atoms. The molecule has 0 aromatic carbocycles. The van der Waals surface area contributed by atoms with Crippen LogP contribution < -0.4 is 0 Å². The average Bonchev–Trinajstić information content (AvgIpc) is 2.43. The first-order chi connectivity index (χ1) is 13.0. The molecule has 0 atom stereocenters. The minimum absolute atomic E-state index is 0. The van der Waals surface area contributed by atoms with Gasteiger partial charge in [0.2, 0.25) is 0 Å². The number of carbonyl (C=O) groups is 3. The molecule has 0 radical (unpaired) electrons. The quantitative estimate of drug-likeness (QED) is 0.243. The van der Waals surface area contributed by atoms with E-state index in [1.165, 1.54) is 0 Å². The molecule has 0 aliphatic rings. The molecule has 0 saturated carbocycles. The van der Waals surface area contributed by atoms with Crippen molar-refractivity contribution in [3.63, 3.8) is 0 Å². The summed E-state index contributed by atoms with van der Waals surface area (Å²) < 4.78 is 102. The summed E-state index contributed by atoms with van der Waals surface area (Å²) in [6.45, 7) is 2.97. The fourth-order valence-corrected chi connectivity index (χ4v) is 0.815. The van der Waals surface area contributed by atoms with E-state index in [0.717, 1.165) is 20.8 Å². The number of rotatable bonds is 3. The van der Waals surface area contributed by atoms with E-state index in [1.54, 1.807) is 0 Å². The normalized spacial score (nSPS) is 13.0. The van der Waals surface area contributed by atoms with E-state index >= 15 is 0 Å². The number of allylic oxidation sites excluding steroid dienone is 6. The number of hydrogen-bond acceptors (Lipinski definition) is 6. The molecule has 0 aromatic heterocycles. The first-order valence-electron chi connectivity index (χ1n) is 6.97. The second kappa shape index (κ2) is 15.2. The molecule has 31 heavy (non-hydrogen) atoms. The van der Waals surface area contributed by atoms with E-state index in [4.69, 9.17) is 15.3 Å². The van der Waals surface area contributed by atoms with Gasteiger partial charge in [-0.25, -0.2) is 0 Å². The average molecular weight is 607 g/mol. The monoisotopic (exact) mass is 604 g/mol. The van der Waals surface area contributed by atoms with Crippen molar-refractivity contribution in [3.05, 3.63) is 35.5 Å². The Morgan fingerprint density at radius 2 is 0.645 bits per heavy atom. The van der Waals surface area contributed by atoms with Crippen LogP contribution >= 0.6 is 0 Å². The van der Waals surface area contributed by atoms with Crippen LogP contribution in [-0.4, -0.2) is 51.2 Å². The molecule has 0 amide bonds. The molecule has 0 spiro atoms. The minimum Gasteiger partial charge on any atom is -0.512 e. The van der Waals surface area contributed by atoms with Gasteiger partial charge < -0.3 is 15.3 Å². The van der Waals surface area contributed by atoms with Crippen LogP contribution in [0.15, 0.2) is 35.5 Å². The third kappa shape index (κ3) is 24.5. The molecule has 3 N–H and O–H groups in total. The Labute approximate surface area is 201 Å². The number of hydrogen-bond donors (Lipinski definition) is 3. The fourth-order valence-electron chi connectivity index (χ4n) is 0.815. The van der Waals surface area contributed by atoms with Crippen molar-refractivity contribution in [2.75, 3.05) is 0 Å².